The van der Waals surface area contributed by atoms with Crippen molar-refractivity contribution < 1.29 is 0 Å². The number of thiophene rings is 1. The molecule has 1 aliphatic carbocycles. The molecule has 20 heavy (non-hydrogen) atoms. The minimum atomic E-state index is 0.440. The van der Waals surface area contributed by atoms with Crippen LogP contribution in [-0.2, 0) is 6.42 Å². The Bertz CT molecular complexity index is 579. The molecule has 1 saturated carbocycles. The lowest BCUT2D eigenvalue weighted by Crippen LogP contribution is -2.24. The first-order valence-electron chi connectivity index (χ1n) is 6.93. The fraction of sp³-hybridized carbons (Fsp3) is 0.375. The van der Waals surface area contributed by atoms with E-state index in [1.54, 1.807) is 0 Å². The Morgan fingerprint density at radius 3 is 2.80 bits per heavy atom. The molecular formula is C16H17BrClNS. The van der Waals surface area contributed by atoms with Gasteiger partial charge in [-0.1, -0.05) is 29.8 Å². The molecule has 1 atom stereocenters. The first-order valence-corrected chi connectivity index (χ1v) is 8.98. The van der Waals surface area contributed by atoms with Crippen molar-refractivity contribution >= 4 is 38.9 Å². The van der Waals surface area contributed by atoms with Crippen molar-refractivity contribution in [3.63, 3.8) is 0 Å². The lowest BCUT2D eigenvalue weighted by atomic mass is 9.94. The van der Waals surface area contributed by atoms with Crippen LogP contribution in [0.15, 0.2) is 40.2 Å². The van der Waals surface area contributed by atoms with Crippen LogP contribution < -0.4 is 5.32 Å². The van der Waals surface area contributed by atoms with Gasteiger partial charge in [-0.2, -0.15) is 0 Å². The zero-order valence-electron chi connectivity index (χ0n) is 11.1. The molecule has 3 rings (SSSR count). The van der Waals surface area contributed by atoms with Gasteiger partial charge in [0.2, 0.25) is 0 Å². The Labute approximate surface area is 137 Å². The summed E-state index contributed by atoms with van der Waals surface area (Å²) in [4.78, 5) is 1.40. The monoisotopic (exact) mass is 369 g/mol. The Balaban J connectivity index is 1.77. The van der Waals surface area contributed by atoms with E-state index in [4.69, 9.17) is 11.6 Å². The van der Waals surface area contributed by atoms with Crippen molar-refractivity contribution in [1.29, 1.82) is 0 Å². The van der Waals surface area contributed by atoms with E-state index in [-0.39, 0.29) is 0 Å². The molecule has 1 aliphatic rings. The van der Waals surface area contributed by atoms with E-state index in [0.717, 1.165) is 24.0 Å². The third kappa shape index (κ3) is 3.85. The third-order valence-electron chi connectivity index (χ3n) is 3.64. The van der Waals surface area contributed by atoms with Crippen LogP contribution in [0.3, 0.4) is 0 Å². The molecule has 1 aromatic heterocycles. The van der Waals surface area contributed by atoms with Gasteiger partial charge in [-0.25, -0.2) is 0 Å². The average Bonchev–Trinajstić information content (AvgIpc) is 3.18. The molecule has 4 heteroatoms. The van der Waals surface area contributed by atoms with E-state index in [0.29, 0.717) is 5.92 Å². The summed E-state index contributed by atoms with van der Waals surface area (Å²) in [6.45, 7) is 1.00. The third-order valence-corrected chi connectivity index (χ3v) is 5.71. The number of rotatable bonds is 6. The second-order valence-corrected chi connectivity index (χ2v) is 7.65. The zero-order valence-corrected chi connectivity index (χ0v) is 14.3. The Hall–Kier alpha value is -0.350. The molecule has 1 N–H and O–H groups in total. The highest BCUT2D eigenvalue weighted by Crippen LogP contribution is 2.31. The van der Waals surface area contributed by atoms with E-state index in [9.17, 15) is 0 Å². The predicted molar refractivity (Wildman–Crippen MR) is 90.9 cm³/mol. The summed E-state index contributed by atoms with van der Waals surface area (Å²) in [5.41, 5.74) is 1.26. The molecule has 106 valence electrons. The van der Waals surface area contributed by atoms with E-state index >= 15 is 0 Å². The van der Waals surface area contributed by atoms with Crippen molar-refractivity contribution in [2.24, 2.45) is 0 Å². The maximum atomic E-state index is 6.39. The molecule has 2 aromatic rings. The lowest BCUT2D eigenvalue weighted by molar-refractivity contribution is 0.580. The maximum Gasteiger partial charge on any atom is 0.0441 e. The van der Waals surface area contributed by atoms with E-state index in [1.807, 2.05) is 23.5 Å². The van der Waals surface area contributed by atoms with Gasteiger partial charge < -0.3 is 5.32 Å². The quantitative estimate of drug-likeness (QED) is 0.733. The van der Waals surface area contributed by atoms with Crippen molar-refractivity contribution in [2.45, 2.75) is 31.2 Å². The largest absolute Gasteiger partial charge is 0.313 e. The van der Waals surface area contributed by atoms with Crippen molar-refractivity contribution in [3.05, 3.63) is 55.6 Å². The van der Waals surface area contributed by atoms with Gasteiger partial charge in [-0.05, 0) is 52.9 Å². The van der Waals surface area contributed by atoms with Gasteiger partial charge in [0.1, 0.15) is 0 Å². The summed E-state index contributed by atoms with van der Waals surface area (Å²) in [6.07, 6.45) is 3.68. The van der Waals surface area contributed by atoms with Gasteiger partial charge in [0.15, 0.2) is 0 Å². The normalized spacial score (nSPS) is 16.3. The van der Waals surface area contributed by atoms with Gasteiger partial charge in [-0.15, -0.1) is 11.3 Å². The molecule has 0 bridgehead atoms. The minimum Gasteiger partial charge on any atom is -0.313 e. The molecule has 0 amide bonds. The first-order chi connectivity index (χ1) is 9.72. The highest BCUT2D eigenvalue weighted by atomic mass is 79.9. The smallest absolute Gasteiger partial charge is 0.0441 e. The van der Waals surface area contributed by atoms with Crippen LogP contribution in [0.5, 0.6) is 0 Å². The second kappa shape index (κ2) is 6.61. The van der Waals surface area contributed by atoms with Gasteiger partial charge >= 0.3 is 0 Å². The molecular weight excluding hydrogens is 354 g/mol. The number of hydrogen-bond acceptors (Lipinski definition) is 2. The topological polar surface area (TPSA) is 12.0 Å². The molecule has 1 unspecified atom stereocenters. The van der Waals surface area contributed by atoms with E-state index < -0.39 is 0 Å². The van der Waals surface area contributed by atoms with Crippen molar-refractivity contribution in [2.75, 3.05) is 6.54 Å². The number of benzene rings is 1. The van der Waals surface area contributed by atoms with E-state index in [1.165, 1.54) is 27.8 Å². The fourth-order valence-corrected chi connectivity index (χ4v) is 4.22. The summed E-state index contributed by atoms with van der Waals surface area (Å²) in [6, 6.07) is 11.2. The Morgan fingerprint density at radius 1 is 1.35 bits per heavy atom. The SMILES string of the molecule is Clc1ccccc1C(CNC1CC1)Cc1cc(Br)cs1. The Morgan fingerprint density at radius 2 is 2.15 bits per heavy atom. The summed E-state index contributed by atoms with van der Waals surface area (Å²) < 4.78 is 1.17. The van der Waals surface area contributed by atoms with E-state index in [2.05, 4.69) is 44.8 Å². The summed E-state index contributed by atoms with van der Waals surface area (Å²) in [5, 5.41) is 6.67. The van der Waals surface area contributed by atoms with Crippen LogP contribution in [0, 0.1) is 0 Å². The van der Waals surface area contributed by atoms with Crippen molar-refractivity contribution in [1.82, 2.24) is 5.32 Å². The highest BCUT2D eigenvalue weighted by molar-refractivity contribution is 9.10. The van der Waals surface area contributed by atoms with Gasteiger partial charge in [-0.3, -0.25) is 0 Å². The minimum absolute atomic E-state index is 0.440. The van der Waals surface area contributed by atoms with Crippen LogP contribution in [0.4, 0.5) is 0 Å². The molecule has 1 fully saturated rings. The number of hydrogen-bond donors (Lipinski definition) is 1. The lowest BCUT2D eigenvalue weighted by Gasteiger charge is -2.18. The van der Waals surface area contributed by atoms with Crippen LogP contribution in [0.1, 0.15) is 29.2 Å². The van der Waals surface area contributed by atoms with Crippen molar-refractivity contribution in [3.8, 4) is 0 Å². The highest BCUT2D eigenvalue weighted by Gasteiger charge is 2.23. The fourth-order valence-electron chi connectivity index (χ4n) is 2.40. The molecule has 0 spiro atoms. The summed E-state index contributed by atoms with van der Waals surface area (Å²) in [5.74, 6) is 0.440. The summed E-state index contributed by atoms with van der Waals surface area (Å²) in [7, 11) is 0. The average molecular weight is 371 g/mol. The molecule has 1 aromatic carbocycles. The maximum absolute atomic E-state index is 6.39. The van der Waals surface area contributed by atoms with Crippen LogP contribution in [0.25, 0.3) is 0 Å². The Kier molecular flexibility index (Phi) is 4.82. The van der Waals surface area contributed by atoms with Gasteiger partial charge in [0, 0.05) is 38.3 Å². The zero-order chi connectivity index (χ0) is 13.9. The molecule has 0 radical (unpaired) electrons. The van der Waals surface area contributed by atoms with Crippen LogP contribution >= 0.6 is 38.9 Å². The molecule has 0 saturated heterocycles. The molecule has 1 nitrogen and oxygen atoms in total. The predicted octanol–water partition coefficient (Wildman–Crippen LogP) is 5.24. The molecule has 0 aliphatic heterocycles. The second-order valence-electron chi connectivity index (χ2n) is 5.34. The standard InChI is InChI=1S/C16H17BrClNS/c17-12-8-14(20-10-12)7-11(9-19-13-5-6-13)15-3-1-2-4-16(15)18/h1-4,8,10-11,13,19H,5-7,9H2. The van der Waals surface area contributed by atoms with Crippen LogP contribution in [-0.4, -0.2) is 12.6 Å². The first kappa shape index (κ1) is 14.6. The number of nitrogens with one attached hydrogen (secondary N) is 1. The molecule has 1 heterocycles. The van der Waals surface area contributed by atoms with Gasteiger partial charge in [0.05, 0.1) is 0 Å². The summed E-state index contributed by atoms with van der Waals surface area (Å²) >= 11 is 11.7. The van der Waals surface area contributed by atoms with Crippen LogP contribution in [0.2, 0.25) is 5.02 Å². The number of halogens is 2. The van der Waals surface area contributed by atoms with Gasteiger partial charge in [0.25, 0.3) is 0 Å².